The van der Waals surface area contributed by atoms with E-state index in [4.69, 9.17) is 5.73 Å². The van der Waals surface area contributed by atoms with Gasteiger partial charge in [0.05, 0.1) is 10.5 Å². The van der Waals surface area contributed by atoms with Crippen LogP contribution in [0.3, 0.4) is 0 Å². The van der Waals surface area contributed by atoms with Gasteiger partial charge in [-0.3, -0.25) is 14.9 Å². The third kappa shape index (κ3) is 2.40. The number of nitrogens with zero attached hydrogens (tertiary/aromatic N) is 2. The van der Waals surface area contributed by atoms with Gasteiger partial charge < -0.3 is 5.73 Å². The average molecular weight is 343 g/mol. The topological polar surface area (TPSA) is 99.1 Å². The van der Waals surface area contributed by atoms with Crippen LogP contribution < -0.4 is 5.73 Å². The maximum absolute atomic E-state index is 12.4. The highest BCUT2D eigenvalue weighted by molar-refractivity contribution is 14.1. The Morgan fingerprint density at radius 2 is 2.19 bits per heavy atom. The number of carbonyl (C=O) groups is 1. The Balaban J connectivity index is 3.49. The Kier molecular flexibility index (Phi) is 3.67. The summed E-state index contributed by atoms with van der Waals surface area (Å²) in [6.07, 6.45) is -3.09. The van der Waals surface area contributed by atoms with Gasteiger partial charge in [-0.1, -0.05) is 0 Å². The van der Waals surface area contributed by atoms with Gasteiger partial charge in [0.1, 0.15) is 3.70 Å². The quantitative estimate of drug-likeness (QED) is 0.390. The van der Waals surface area contributed by atoms with Gasteiger partial charge in [-0.05, 0) is 22.6 Å². The number of amides is 1. The predicted molar refractivity (Wildman–Crippen MR) is 57.1 cm³/mol. The van der Waals surface area contributed by atoms with Crippen molar-refractivity contribution < 1.29 is 18.5 Å². The lowest BCUT2D eigenvalue weighted by atomic mass is 10.2. The number of alkyl halides is 2. The molecule has 1 heterocycles. The van der Waals surface area contributed by atoms with Crippen LogP contribution in [-0.2, 0) is 0 Å². The summed E-state index contributed by atoms with van der Waals surface area (Å²) in [5.74, 6) is -0.958. The normalized spacial score (nSPS) is 10.5. The fourth-order valence-electron chi connectivity index (χ4n) is 0.973. The van der Waals surface area contributed by atoms with Gasteiger partial charge in [-0.2, -0.15) is 0 Å². The van der Waals surface area contributed by atoms with Crippen molar-refractivity contribution in [2.75, 3.05) is 0 Å². The van der Waals surface area contributed by atoms with Crippen LogP contribution in [0.4, 0.5) is 14.5 Å². The van der Waals surface area contributed by atoms with Crippen molar-refractivity contribution in [3.8, 4) is 0 Å². The summed E-state index contributed by atoms with van der Waals surface area (Å²) in [4.78, 5) is 23.6. The predicted octanol–water partition coefficient (Wildman–Crippen LogP) is 1.63. The third-order valence-corrected chi connectivity index (χ3v) is 2.48. The van der Waals surface area contributed by atoms with Crippen LogP contribution in [0.1, 0.15) is 22.5 Å². The number of primary amides is 1. The SMILES string of the molecule is NC(=O)c1cc([N+](=O)[O-])c(C(F)F)nc1I. The van der Waals surface area contributed by atoms with E-state index in [9.17, 15) is 23.7 Å². The molecule has 0 spiro atoms. The second kappa shape index (κ2) is 4.63. The van der Waals surface area contributed by atoms with Gasteiger partial charge in [0, 0.05) is 6.07 Å². The number of nitro groups is 1. The molecule has 2 N–H and O–H groups in total. The molecule has 1 amide bonds. The second-order valence-electron chi connectivity index (χ2n) is 2.65. The van der Waals surface area contributed by atoms with Gasteiger partial charge in [0.2, 0.25) is 0 Å². The molecule has 16 heavy (non-hydrogen) atoms. The highest BCUT2D eigenvalue weighted by Gasteiger charge is 2.27. The Bertz CT molecular complexity index is 466. The fourth-order valence-corrected chi connectivity index (χ4v) is 1.65. The fraction of sp³-hybridized carbons (Fsp3) is 0.143. The van der Waals surface area contributed by atoms with Crippen molar-refractivity contribution in [3.63, 3.8) is 0 Å². The molecule has 0 aliphatic heterocycles. The Morgan fingerprint density at radius 1 is 1.62 bits per heavy atom. The molecule has 0 aromatic carbocycles. The van der Waals surface area contributed by atoms with Gasteiger partial charge in [-0.25, -0.2) is 13.8 Å². The van der Waals surface area contributed by atoms with Crippen LogP contribution in [0.25, 0.3) is 0 Å². The first kappa shape index (κ1) is 12.7. The van der Waals surface area contributed by atoms with E-state index in [0.717, 1.165) is 0 Å². The highest BCUT2D eigenvalue weighted by atomic mass is 127. The molecule has 1 aromatic heterocycles. The first-order chi connectivity index (χ1) is 7.34. The maximum Gasteiger partial charge on any atom is 0.297 e. The first-order valence-electron chi connectivity index (χ1n) is 3.77. The molecule has 0 atom stereocenters. The van der Waals surface area contributed by atoms with Crippen LogP contribution in [0.5, 0.6) is 0 Å². The molecule has 0 aliphatic rings. The minimum Gasteiger partial charge on any atom is -0.366 e. The van der Waals surface area contributed by atoms with Crippen LogP contribution in [0.2, 0.25) is 0 Å². The molecule has 0 fully saturated rings. The summed E-state index contributed by atoms with van der Waals surface area (Å²) in [5, 5.41) is 10.5. The number of hydrogen-bond acceptors (Lipinski definition) is 4. The van der Waals surface area contributed by atoms with Gasteiger partial charge in [0.15, 0.2) is 5.69 Å². The standard InChI is InChI=1S/C7H4F2IN3O3/c8-5(9)4-3(13(15)16)1-2(7(11)14)6(10)12-4/h1,5H,(H2,11,14). The molecule has 9 heteroatoms. The average Bonchev–Trinajstić information content (AvgIpc) is 2.15. The molecule has 86 valence electrons. The van der Waals surface area contributed by atoms with Crippen LogP contribution in [0.15, 0.2) is 6.07 Å². The van der Waals surface area contributed by atoms with E-state index in [-0.39, 0.29) is 9.26 Å². The second-order valence-corrected chi connectivity index (χ2v) is 3.67. The third-order valence-electron chi connectivity index (χ3n) is 1.65. The van der Waals surface area contributed by atoms with Gasteiger partial charge in [0.25, 0.3) is 18.0 Å². The summed E-state index contributed by atoms with van der Waals surface area (Å²) in [7, 11) is 0. The van der Waals surface area contributed by atoms with E-state index in [2.05, 4.69) is 4.98 Å². The summed E-state index contributed by atoms with van der Waals surface area (Å²) in [6, 6.07) is 0.707. The molecular weight excluding hydrogens is 339 g/mol. The molecular formula is C7H4F2IN3O3. The smallest absolute Gasteiger partial charge is 0.297 e. The van der Waals surface area contributed by atoms with Crippen molar-refractivity contribution in [3.05, 3.63) is 31.1 Å². The summed E-state index contributed by atoms with van der Waals surface area (Å²) in [5.41, 5.74) is 2.78. The zero-order valence-electron chi connectivity index (χ0n) is 7.49. The summed E-state index contributed by atoms with van der Waals surface area (Å²) in [6.45, 7) is 0. The van der Waals surface area contributed by atoms with Crippen LogP contribution >= 0.6 is 22.6 Å². The lowest BCUT2D eigenvalue weighted by molar-refractivity contribution is -0.386. The molecule has 0 saturated heterocycles. The number of nitrogens with two attached hydrogens (primary N) is 1. The van der Waals surface area contributed by atoms with Crippen molar-refractivity contribution in [2.45, 2.75) is 6.43 Å². The zero-order chi connectivity index (χ0) is 12.5. The number of carbonyl (C=O) groups excluding carboxylic acids is 1. The van der Waals surface area contributed by atoms with E-state index in [0.29, 0.717) is 6.07 Å². The monoisotopic (exact) mass is 343 g/mol. The number of pyridine rings is 1. The van der Waals surface area contributed by atoms with Gasteiger partial charge >= 0.3 is 0 Å². The lowest BCUT2D eigenvalue weighted by Gasteiger charge is -2.04. The molecule has 0 saturated carbocycles. The lowest BCUT2D eigenvalue weighted by Crippen LogP contribution is -2.15. The first-order valence-corrected chi connectivity index (χ1v) is 4.85. The van der Waals surface area contributed by atoms with Crippen molar-refractivity contribution in [2.24, 2.45) is 5.73 Å². The summed E-state index contributed by atoms with van der Waals surface area (Å²) >= 11 is 1.51. The van der Waals surface area contributed by atoms with Crippen molar-refractivity contribution >= 4 is 34.2 Å². The minimum atomic E-state index is -3.09. The number of aromatic nitrogens is 1. The molecule has 1 rings (SSSR count). The molecule has 6 nitrogen and oxygen atoms in total. The molecule has 0 aliphatic carbocycles. The Labute approximate surface area is 101 Å². The molecule has 0 radical (unpaired) electrons. The van der Waals surface area contributed by atoms with E-state index in [1.54, 1.807) is 0 Å². The zero-order valence-corrected chi connectivity index (χ0v) is 9.64. The minimum absolute atomic E-state index is 0.0917. The van der Waals surface area contributed by atoms with E-state index in [1.807, 2.05) is 0 Å². The Hall–Kier alpha value is -1.39. The van der Waals surface area contributed by atoms with Crippen molar-refractivity contribution in [1.82, 2.24) is 4.98 Å². The number of hydrogen-bond donors (Lipinski definition) is 1. The number of halogens is 3. The van der Waals surface area contributed by atoms with Crippen LogP contribution in [0, 0.1) is 13.8 Å². The summed E-state index contributed by atoms with van der Waals surface area (Å²) < 4.78 is 24.7. The van der Waals surface area contributed by atoms with E-state index in [1.165, 1.54) is 22.6 Å². The highest BCUT2D eigenvalue weighted by Crippen LogP contribution is 2.29. The van der Waals surface area contributed by atoms with E-state index >= 15 is 0 Å². The molecule has 0 bridgehead atoms. The largest absolute Gasteiger partial charge is 0.366 e. The van der Waals surface area contributed by atoms with Crippen molar-refractivity contribution in [1.29, 1.82) is 0 Å². The molecule has 0 unspecified atom stereocenters. The maximum atomic E-state index is 12.4. The number of rotatable bonds is 3. The molecule has 1 aromatic rings. The van der Waals surface area contributed by atoms with E-state index < -0.39 is 28.6 Å². The Morgan fingerprint density at radius 3 is 2.56 bits per heavy atom. The van der Waals surface area contributed by atoms with Gasteiger partial charge in [-0.15, -0.1) is 0 Å². The van der Waals surface area contributed by atoms with Crippen LogP contribution in [-0.4, -0.2) is 15.8 Å².